The van der Waals surface area contributed by atoms with Gasteiger partial charge in [-0.3, -0.25) is 4.79 Å². The van der Waals surface area contributed by atoms with Crippen LogP contribution in [0.1, 0.15) is 11.1 Å². The predicted octanol–water partition coefficient (Wildman–Crippen LogP) is 3.27. The lowest BCUT2D eigenvalue weighted by Gasteiger charge is -2.29. The van der Waals surface area contributed by atoms with Crippen molar-refractivity contribution < 1.29 is 58.2 Å². The number of Topliss-reactive ketones (excluding diaryl/α,β-unsaturated/α-hetero) is 1. The fourth-order valence-electron chi connectivity index (χ4n) is 2.30. The minimum atomic E-state index is -6.88. The molecule has 0 saturated carbocycles. The smallest absolute Gasteiger partial charge is 0.439 e. The molecule has 1 aliphatic rings. The molecule has 0 saturated heterocycles. The number of halogens is 11. The average molecular weight is 399 g/mol. The summed E-state index contributed by atoms with van der Waals surface area (Å²) in [6.07, 6.45) is -15.5. The van der Waals surface area contributed by atoms with Gasteiger partial charge in [0, 0.05) is 17.5 Å². The molecule has 2 rings (SSSR count). The minimum absolute atomic E-state index is 1.50. The second kappa shape index (κ2) is 5.58. The van der Waals surface area contributed by atoms with E-state index in [1.165, 1.54) is 0 Å². The van der Waals surface area contributed by atoms with Crippen molar-refractivity contribution in [3.8, 4) is 0 Å². The first-order valence-corrected chi connectivity index (χ1v) is 6.19. The van der Waals surface area contributed by atoms with E-state index in [1.54, 1.807) is 0 Å². The van der Waals surface area contributed by atoms with Gasteiger partial charge in [-0.2, -0.15) is 26.3 Å². The van der Waals surface area contributed by atoms with Crippen LogP contribution in [0.2, 0.25) is 0 Å². The molecule has 0 spiro atoms. The molecule has 0 unspecified atom stereocenters. The van der Waals surface area contributed by atoms with E-state index < -0.39 is 76.0 Å². The van der Waals surface area contributed by atoms with E-state index in [-0.39, 0.29) is 0 Å². The van der Waals surface area contributed by atoms with E-state index in [0.717, 1.165) is 0 Å². The summed E-state index contributed by atoms with van der Waals surface area (Å²) in [5.41, 5.74) is -12.0. The number of rotatable bonds is 2. The Kier molecular flexibility index (Phi) is 4.29. The standard InChI is InChI=1S/C13H3F11O2/c14-5-2-1-3(9(25)4(2)6(15)8(17)7(5)16)10(26)11(18,12(19,20)21)13(22,23)24/h25H,1H2/p-1. The highest BCUT2D eigenvalue weighted by Crippen LogP contribution is 2.50. The fourth-order valence-corrected chi connectivity index (χ4v) is 2.30. The van der Waals surface area contributed by atoms with Gasteiger partial charge in [0.2, 0.25) is 5.78 Å². The lowest BCUT2D eigenvalue weighted by atomic mass is 9.91. The Labute approximate surface area is 135 Å². The van der Waals surface area contributed by atoms with Crippen molar-refractivity contribution in [2.45, 2.75) is 24.4 Å². The first-order chi connectivity index (χ1) is 11.6. The van der Waals surface area contributed by atoms with E-state index >= 15 is 0 Å². The summed E-state index contributed by atoms with van der Waals surface area (Å²) in [5.74, 6) is -15.6. The molecular formula is C13H2F11O2-. The fraction of sp³-hybridized carbons (Fsp3) is 0.308. The molecule has 1 aromatic rings. The topological polar surface area (TPSA) is 40.1 Å². The molecule has 0 atom stereocenters. The maximum atomic E-state index is 13.7. The third kappa shape index (κ3) is 2.43. The molecule has 0 fully saturated rings. The Balaban J connectivity index is 2.71. The lowest BCUT2D eigenvalue weighted by molar-refractivity contribution is -0.324. The van der Waals surface area contributed by atoms with Gasteiger partial charge in [-0.1, -0.05) is 5.76 Å². The van der Waals surface area contributed by atoms with Crippen LogP contribution in [0.25, 0.3) is 5.76 Å². The Bertz CT molecular complexity index is 818. The number of hydrogen-bond donors (Lipinski definition) is 0. The van der Waals surface area contributed by atoms with Gasteiger partial charge in [-0.05, 0) is 5.57 Å². The van der Waals surface area contributed by atoms with Crippen LogP contribution in [0.4, 0.5) is 48.3 Å². The molecule has 0 radical (unpaired) electrons. The van der Waals surface area contributed by atoms with Crippen LogP contribution >= 0.6 is 0 Å². The first kappa shape index (κ1) is 20.0. The monoisotopic (exact) mass is 399 g/mol. The summed E-state index contributed by atoms with van der Waals surface area (Å²) < 4.78 is 142. The molecule has 13 heteroatoms. The van der Waals surface area contributed by atoms with Gasteiger partial charge in [0.1, 0.15) is 0 Å². The van der Waals surface area contributed by atoms with Gasteiger partial charge in [-0.25, -0.2) is 22.0 Å². The van der Waals surface area contributed by atoms with Gasteiger partial charge in [0.05, 0.1) is 0 Å². The summed E-state index contributed by atoms with van der Waals surface area (Å²) >= 11 is 0. The van der Waals surface area contributed by atoms with Crippen LogP contribution in [0.5, 0.6) is 0 Å². The lowest BCUT2D eigenvalue weighted by Crippen LogP contribution is -2.59. The third-order valence-electron chi connectivity index (χ3n) is 3.59. The van der Waals surface area contributed by atoms with Crippen LogP contribution in [0, 0.1) is 23.3 Å². The molecule has 1 aliphatic carbocycles. The van der Waals surface area contributed by atoms with Crippen molar-refractivity contribution in [1.29, 1.82) is 0 Å². The predicted molar refractivity (Wildman–Crippen MR) is 57.9 cm³/mol. The Morgan fingerprint density at radius 1 is 0.769 bits per heavy atom. The number of benzene rings is 1. The molecule has 0 bridgehead atoms. The van der Waals surface area contributed by atoms with E-state index in [2.05, 4.69) is 0 Å². The zero-order valence-electron chi connectivity index (χ0n) is 11.7. The Hall–Kier alpha value is -2.34. The van der Waals surface area contributed by atoms with Crippen LogP contribution < -0.4 is 5.11 Å². The first-order valence-electron chi connectivity index (χ1n) is 6.19. The van der Waals surface area contributed by atoms with Crippen LogP contribution in [0.15, 0.2) is 5.57 Å². The molecule has 2 nitrogen and oxygen atoms in total. The quantitative estimate of drug-likeness (QED) is 0.435. The number of hydrogen-bond acceptors (Lipinski definition) is 2. The summed E-state index contributed by atoms with van der Waals surface area (Å²) in [4.78, 5) is 11.5. The second-order valence-electron chi connectivity index (χ2n) is 5.08. The van der Waals surface area contributed by atoms with E-state index in [4.69, 9.17) is 0 Å². The Morgan fingerprint density at radius 3 is 1.62 bits per heavy atom. The summed E-state index contributed by atoms with van der Waals surface area (Å²) in [7, 11) is 0. The van der Waals surface area contributed by atoms with Crippen molar-refractivity contribution in [3.05, 3.63) is 40.0 Å². The van der Waals surface area contributed by atoms with Crippen molar-refractivity contribution in [1.82, 2.24) is 0 Å². The zero-order chi connectivity index (χ0) is 20.4. The van der Waals surface area contributed by atoms with E-state index in [9.17, 15) is 58.2 Å². The average Bonchev–Trinajstić information content (AvgIpc) is 2.84. The zero-order valence-corrected chi connectivity index (χ0v) is 11.7. The highest BCUT2D eigenvalue weighted by molar-refractivity contribution is 6.09. The van der Waals surface area contributed by atoms with Crippen molar-refractivity contribution in [2.24, 2.45) is 0 Å². The van der Waals surface area contributed by atoms with Gasteiger partial charge < -0.3 is 5.11 Å². The number of carbonyl (C=O) groups excluding carboxylic acids is 1. The van der Waals surface area contributed by atoms with Gasteiger partial charge >= 0.3 is 18.0 Å². The highest BCUT2D eigenvalue weighted by Gasteiger charge is 2.77. The maximum absolute atomic E-state index is 13.7. The number of allylic oxidation sites excluding steroid dienone is 1. The van der Waals surface area contributed by atoms with Gasteiger partial charge in [0.15, 0.2) is 23.3 Å². The molecule has 0 aliphatic heterocycles. The molecule has 144 valence electrons. The SMILES string of the molecule is O=C(C1=C([O-])c2c(F)c(F)c(F)c(F)c2C1)C(F)(C(F)(F)F)C(F)(F)F. The Morgan fingerprint density at radius 2 is 1.19 bits per heavy atom. The van der Waals surface area contributed by atoms with Crippen LogP contribution in [0.3, 0.4) is 0 Å². The van der Waals surface area contributed by atoms with E-state index in [1.807, 2.05) is 0 Å². The van der Waals surface area contributed by atoms with E-state index in [0.29, 0.717) is 0 Å². The number of alkyl halides is 7. The number of fused-ring (bicyclic) bond motifs is 1. The summed E-state index contributed by atoms with van der Waals surface area (Å²) in [6.45, 7) is 0. The van der Waals surface area contributed by atoms with Crippen molar-refractivity contribution >= 4 is 11.5 Å². The number of carbonyl (C=O) groups is 1. The van der Waals surface area contributed by atoms with Crippen LogP contribution in [-0.4, -0.2) is 23.8 Å². The second-order valence-corrected chi connectivity index (χ2v) is 5.08. The molecule has 1 aromatic carbocycles. The molecule has 0 aromatic heterocycles. The molecular weight excluding hydrogens is 397 g/mol. The normalized spacial score (nSPS) is 15.5. The largest absolute Gasteiger partial charge is 0.872 e. The summed E-state index contributed by atoms with van der Waals surface area (Å²) in [6, 6.07) is 0. The van der Waals surface area contributed by atoms with Gasteiger partial charge in [0.25, 0.3) is 0 Å². The molecule has 0 amide bonds. The number of ketones is 1. The van der Waals surface area contributed by atoms with Crippen molar-refractivity contribution in [2.75, 3.05) is 0 Å². The molecule has 0 N–H and O–H groups in total. The minimum Gasteiger partial charge on any atom is -0.872 e. The summed E-state index contributed by atoms with van der Waals surface area (Å²) in [5, 5.41) is 11.7. The van der Waals surface area contributed by atoms with Gasteiger partial charge in [-0.15, -0.1) is 0 Å². The third-order valence-corrected chi connectivity index (χ3v) is 3.59. The molecule has 26 heavy (non-hydrogen) atoms. The maximum Gasteiger partial charge on any atom is 0.439 e. The molecule has 0 heterocycles. The highest BCUT2D eigenvalue weighted by atomic mass is 19.4. The van der Waals surface area contributed by atoms with Crippen molar-refractivity contribution in [3.63, 3.8) is 0 Å². The van der Waals surface area contributed by atoms with Crippen LogP contribution in [-0.2, 0) is 11.2 Å².